The summed E-state index contributed by atoms with van der Waals surface area (Å²) in [7, 11) is 1.87. The van der Waals surface area contributed by atoms with Crippen molar-refractivity contribution in [2.24, 2.45) is 12.0 Å². The van der Waals surface area contributed by atoms with Crippen LogP contribution < -0.4 is 4.80 Å². The molecule has 2 aromatic carbocycles. The van der Waals surface area contributed by atoms with Gasteiger partial charge in [0.2, 0.25) is 0 Å². The first-order valence-electron chi connectivity index (χ1n) is 6.86. The number of thiazole rings is 1. The molecular formula is C16H13N3O3S. The smallest absolute Gasteiger partial charge is 0.279 e. The number of nitrogens with zero attached hydrogens (tertiary/aromatic N) is 3. The second-order valence-electron chi connectivity index (χ2n) is 5.09. The molecule has 0 N–H and O–H groups in total. The number of fused-ring (bicyclic) bond motifs is 1. The number of amides is 1. The number of para-hydroxylation sites is 1. The summed E-state index contributed by atoms with van der Waals surface area (Å²) in [4.78, 5) is 27.2. The Kier molecular flexibility index (Phi) is 3.79. The SMILES string of the molecule is Cc1cccc2sc(=NC(=O)c3ccc([N+](=O)[O-])cc3)n(C)c12. The van der Waals surface area contributed by atoms with E-state index >= 15 is 0 Å². The lowest BCUT2D eigenvalue weighted by atomic mass is 10.2. The molecule has 0 aliphatic heterocycles. The van der Waals surface area contributed by atoms with Crippen molar-refractivity contribution >= 4 is 33.1 Å². The number of nitro benzene ring substituents is 1. The Bertz CT molecular complexity index is 984. The Labute approximate surface area is 135 Å². The van der Waals surface area contributed by atoms with Crippen LogP contribution in [-0.2, 0) is 7.05 Å². The van der Waals surface area contributed by atoms with Crippen LogP contribution >= 0.6 is 11.3 Å². The van der Waals surface area contributed by atoms with Crippen molar-refractivity contribution in [3.05, 3.63) is 68.5 Å². The van der Waals surface area contributed by atoms with Crippen LogP contribution in [0.2, 0.25) is 0 Å². The normalized spacial score (nSPS) is 11.8. The van der Waals surface area contributed by atoms with Crippen molar-refractivity contribution in [3.8, 4) is 0 Å². The minimum absolute atomic E-state index is 0.0513. The van der Waals surface area contributed by atoms with E-state index in [0.29, 0.717) is 10.4 Å². The Balaban J connectivity index is 2.04. The molecule has 0 bridgehead atoms. The van der Waals surface area contributed by atoms with E-state index in [2.05, 4.69) is 4.99 Å². The molecule has 0 aliphatic carbocycles. The lowest BCUT2D eigenvalue weighted by Gasteiger charge is -1.99. The van der Waals surface area contributed by atoms with Crippen LogP contribution in [0.5, 0.6) is 0 Å². The van der Waals surface area contributed by atoms with Gasteiger partial charge in [-0.1, -0.05) is 23.5 Å². The third-order valence-electron chi connectivity index (χ3n) is 3.55. The van der Waals surface area contributed by atoms with E-state index in [1.807, 2.05) is 36.7 Å². The van der Waals surface area contributed by atoms with Gasteiger partial charge in [0.05, 0.1) is 15.1 Å². The summed E-state index contributed by atoms with van der Waals surface area (Å²) >= 11 is 1.44. The number of carbonyl (C=O) groups excluding carboxylic acids is 1. The predicted molar refractivity (Wildman–Crippen MR) is 88.5 cm³/mol. The van der Waals surface area contributed by atoms with Gasteiger partial charge in [-0.15, -0.1) is 0 Å². The van der Waals surface area contributed by atoms with Crippen molar-refractivity contribution in [1.29, 1.82) is 0 Å². The van der Waals surface area contributed by atoms with Crippen molar-refractivity contribution < 1.29 is 9.72 Å². The predicted octanol–water partition coefficient (Wildman–Crippen LogP) is 3.20. The first-order chi connectivity index (χ1) is 11.0. The van der Waals surface area contributed by atoms with Gasteiger partial charge in [-0.25, -0.2) is 0 Å². The molecule has 0 atom stereocenters. The van der Waals surface area contributed by atoms with E-state index in [9.17, 15) is 14.9 Å². The molecule has 0 spiro atoms. The molecule has 3 rings (SSSR count). The molecule has 7 heteroatoms. The highest BCUT2D eigenvalue weighted by molar-refractivity contribution is 7.16. The number of aryl methyl sites for hydroxylation is 2. The molecule has 0 saturated carbocycles. The number of nitro groups is 1. The van der Waals surface area contributed by atoms with Gasteiger partial charge in [-0.3, -0.25) is 14.9 Å². The van der Waals surface area contributed by atoms with E-state index in [-0.39, 0.29) is 5.69 Å². The lowest BCUT2D eigenvalue weighted by molar-refractivity contribution is -0.384. The molecule has 1 heterocycles. The van der Waals surface area contributed by atoms with Crippen LogP contribution in [0.25, 0.3) is 10.2 Å². The molecule has 0 radical (unpaired) electrons. The highest BCUT2D eigenvalue weighted by Gasteiger charge is 2.10. The standard InChI is InChI=1S/C16H13N3O3S/c1-10-4-3-5-13-14(10)18(2)16(23-13)17-15(20)11-6-8-12(9-7-11)19(21)22/h3-9H,1-2H3. The molecule has 6 nitrogen and oxygen atoms in total. The van der Waals surface area contributed by atoms with Crippen LogP contribution in [0.1, 0.15) is 15.9 Å². The molecule has 1 aromatic heterocycles. The Morgan fingerprint density at radius 1 is 1.22 bits per heavy atom. The fraction of sp³-hybridized carbons (Fsp3) is 0.125. The summed E-state index contributed by atoms with van der Waals surface area (Å²) in [6, 6.07) is 11.4. The van der Waals surface area contributed by atoms with Gasteiger partial charge in [0.15, 0.2) is 4.80 Å². The van der Waals surface area contributed by atoms with Crippen LogP contribution in [0.15, 0.2) is 47.5 Å². The maximum absolute atomic E-state index is 12.3. The van der Waals surface area contributed by atoms with Crippen LogP contribution in [-0.4, -0.2) is 15.4 Å². The van der Waals surface area contributed by atoms with Gasteiger partial charge >= 0.3 is 0 Å². The lowest BCUT2D eigenvalue weighted by Crippen LogP contribution is -2.13. The molecule has 0 saturated heterocycles. The molecule has 0 fully saturated rings. The van der Waals surface area contributed by atoms with Crippen LogP contribution in [0, 0.1) is 17.0 Å². The number of non-ortho nitro benzene ring substituents is 1. The van der Waals surface area contributed by atoms with E-state index in [4.69, 9.17) is 0 Å². The maximum atomic E-state index is 12.3. The summed E-state index contributed by atoms with van der Waals surface area (Å²) in [5, 5.41) is 10.6. The molecule has 0 aliphatic rings. The highest BCUT2D eigenvalue weighted by Crippen LogP contribution is 2.20. The summed E-state index contributed by atoms with van der Waals surface area (Å²) in [6.07, 6.45) is 0. The second-order valence-corrected chi connectivity index (χ2v) is 6.10. The number of hydrogen-bond acceptors (Lipinski definition) is 4. The molecule has 1 amide bonds. The number of aromatic nitrogens is 1. The van der Waals surface area contributed by atoms with E-state index in [1.165, 1.54) is 35.6 Å². The third kappa shape index (κ3) is 2.78. The zero-order chi connectivity index (χ0) is 16.6. The fourth-order valence-electron chi connectivity index (χ4n) is 2.38. The minimum Gasteiger partial charge on any atom is -0.319 e. The minimum atomic E-state index is -0.500. The van der Waals surface area contributed by atoms with Gasteiger partial charge in [-0.2, -0.15) is 4.99 Å². The molecule has 23 heavy (non-hydrogen) atoms. The Morgan fingerprint density at radius 2 is 1.91 bits per heavy atom. The third-order valence-corrected chi connectivity index (χ3v) is 4.64. The van der Waals surface area contributed by atoms with Crippen molar-refractivity contribution in [1.82, 2.24) is 4.57 Å². The first kappa shape index (κ1) is 15.1. The summed E-state index contributed by atoms with van der Waals surface area (Å²) < 4.78 is 2.95. The Morgan fingerprint density at radius 3 is 2.52 bits per heavy atom. The summed E-state index contributed by atoms with van der Waals surface area (Å²) in [5.41, 5.74) is 2.44. The summed E-state index contributed by atoms with van der Waals surface area (Å²) in [6.45, 7) is 2.01. The summed E-state index contributed by atoms with van der Waals surface area (Å²) in [5.74, 6) is -0.417. The van der Waals surface area contributed by atoms with Gasteiger partial charge in [0.25, 0.3) is 11.6 Å². The maximum Gasteiger partial charge on any atom is 0.279 e. The van der Waals surface area contributed by atoms with Gasteiger partial charge < -0.3 is 4.57 Å². The van der Waals surface area contributed by atoms with E-state index in [0.717, 1.165) is 15.8 Å². The molecular weight excluding hydrogens is 314 g/mol. The van der Waals surface area contributed by atoms with E-state index in [1.54, 1.807) is 0 Å². The molecule has 0 unspecified atom stereocenters. The Hall–Kier alpha value is -2.80. The topological polar surface area (TPSA) is 77.5 Å². The monoisotopic (exact) mass is 327 g/mol. The molecule has 3 aromatic rings. The largest absolute Gasteiger partial charge is 0.319 e. The van der Waals surface area contributed by atoms with Crippen molar-refractivity contribution in [3.63, 3.8) is 0 Å². The number of benzene rings is 2. The van der Waals surface area contributed by atoms with Gasteiger partial charge in [-0.05, 0) is 30.7 Å². The second kappa shape index (κ2) is 5.77. The average molecular weight is 327 g/mol. The van der Waals surface area contributed by atoms with Crippen LogP contribution in [0.4, 0.5) is 5.69 Å². The number of hydrogen-bond donors (Lipinski definition) is 0. The quantitative estimate of drug-likeness (QED) is 0.535. The first-order valence-corrected chi connectivity index (χ1v) is 7.67. The zero-order valence-corrected chi connectivity index (χ0v) is 13.3. The van der Waals surface area contributed by atoms with Gasteiger partial charge in [0, 0.05) is 24.7 Å². The van der Waals surface area contributed by atoms with Crippen LogP contribution in [0.3, 0.4) is 0 Å². The number of carbonyl (C=O) groups is 1. The van der Waals surface area contributed by atoms with Gasteiger partial charge in [0.1, 0.15) is 0 Å². The highest BCUT2D eigenvalue weighted by atomic mass is 32.1. The van der Waals surface area contributed by atoms with Crippen molar-refractivity contribution in [2.75, 3.05) is 0 Å². The number of rotatable bonds is 2. The fourth-order valence-corrected chi connectivity index (χ4v) is 3.48. The van der Waals surface area contributed by atoms with E-state index < -0.39 is 10.8 Å². The van der Waals surface area contributed by atoms with Crippen molar-refractivity contribution in [2.45, 2.75) is 6.92 Å². The molecule has 116 valence electrons. The average Bonchev–Trinajstić information content (AvgIpc) is 2.85. The zero-order valence-electron chi connectivity index (χ0n) is 12.5.